The minimum absolute atomic E-state index is 0. The van der Waals surface area contributed by atoms with Crippen LogP contribution in [0.1, 0.15) is 39.7 Å². The molecule has 0 fully saturated rings. The van der Waals surface area contributed by atoms with Crippen LogP contribution in [0.2, 0.25) is 0 Å². The second kappa shape index (κ2) is 7.25. The maximum atomic E-state index is 2.42. The topological polar surface area (TPSA) is 0 Å². The fourth-order valence-electron chi connectivity index (χ4n) is 2.80. The molecule has 0 spiro atoms. The molecule has 105 valence electrons. The van der Waals surface area contributed by atoms with Gasteiger partial charge in [-0.05, 0) is 0 Å². The molecule has 0 aliphatic heterocycles. The molecule has 0 heterocycles. The van der Waals surface area contributed by atoms with Crippen molar-refractivity contribution in [3.8, 4) is 11.1 Å². The molecule has 0 N–H and O–H groups in total. The summed E-state index contributed by atoms with van der Waals surface area (Å²) in [7, 11) is 0. The van der Waals surface area contributed by atoms with E-state index in [1.54, 1.807) is 35.8 Å². The van der Waals surface area contributed by atoms with E-state index in [2.05, 4.69) is 50.2 Å². The van der Waals surface area contributed by atoms with Gasteiger partial charge in [0.2, 0.25) is 0 Å². The number of benzene rings is 2. The zero-order valence-corrected chi connectivity index (χ0v) is 15.9. The average Bonchev–Trinajstić information content (AvgIpc) is 2.71. The van der Waals surface area contributed by atoms with Crippen molar-refractivity contribution in [3.63, 3.8) is 0 Å². The van der Waals surface area contributed by atoms with Crippen molar-refractivity contribution in [2.75, 3.05) is 0 Å². The molecule has 0 amide bonds. The van der Waals surface area contributed by atoms with Crippen molar-refractivity contribution in [2.24, 2.45) is 0 Å². The van der Waals surface area contributed by atoms with Gasteiger partial charge in [-0.2, -0.15) is 0 Å². The van der Waals surface area contributed by atoms with Gasteiger partial charge in [0.05, 0.1) is 0 Å². The molecule has 0 radical (unpaired) electrons. The van der Waals surface area contributed by atoms with Crippen LogP contribution in [-0.2, 0) is 37.6 Å². The number of halogens is 2. The fraction of sp³-hybridized carbons (Fsp3) is 0.294. The predicted octanol–water partition coefficient (Wildman–Crippen LogP) is 5.27. The normalized spacial score (nSPS) is 12.1. The van der Waals surface area contributed by atoms with Gasteiger partial charge in [-0.1, -0.05) is 0 Å². The van der Waals surface area contributed by atoms with Crippen LogP contribution >= 0.6 is 24.8 Å². The second-order valence-electron chi connectivity index (χ2n) is 4.98. The Balaban J connectivity index is 0.000001000. The van der Waals surface area contributed by atoms with Gasteiger partial charge in [0.1, 0.15) is 0 Å². The standard InChI is InChI=1S/C17H17.2ClH.Zr/c1-3-12-5-7-16-14(9-12)11-15-10-13(4-2)6-8-17(15)16;;;/h5-11H,3-4H2,1-2H3;2*1H;. The molecule has 3 heteroatoms. The Morgan fingerprint density at radius 1 is 0.800 bits per heavy atom. The molecule has 0 unspecified atom stereocenters. The van der Waals surface area contributed by atoms with E-state index in [9.17, 15) is 0 Å². The van der Waals surface area contributed by atoms with Crippen molar-refractivity contribution in [3.05, 3.63) is 58.7 Å². The average molecular weight is 385 g/mol. The van der Waals surface area contributed by atoms with Gasteiger partial charge in [0.15, 0.2) is 0 Å². The molecular weight excluding hydrogens is 366 g/mol. The van der Waals surface area contributed by atoms with Gasteiger partial charge in [0.25, 0.3) is 0 Å². The predicted molar refractivity (Wildman–Crippen MR) is 87.0 cm³/mol. The van der Waals surface area contributed by atoms with Crippen LogP contribution in [0.3, 0.4) is 0 Å². The summed E-state index contributed by atoms with van der Waals surface area (Å²) in [6.07, 6.45) is 2.26. The Hall–Kier alpha value is -0.0969. The molecule has 1 aliphatic carbocycles. The van der Waals surface area contributed by atoms with Crippen LogP contribution in [-0.4, -0.2) is 0 Å². The quantitative estimate of drug-likeness (QED) is 0.661. The molecule has 1 aliphatic rings. The first kappa shape index (κ1) is 18.0. The maximum Gasteiger partial charge on any atom is -0.147 e. The van der Waals surface area contributed by atoms with E-state index >= 15 is 0 Å². The molecule has 0 saturated carbocycles. The van der Waals surface area contributed by atoms with E-state index in [1.807, 2.05) is 0 Å². The maximum absolute atomic E-state index is 2.42. The van der Waals surface area contributed by atoms with Crippen LogP contribution in [0.25, 0.3) is 11.1 Å². The van der Waals surface area contributed by atoms with Crippen molar-refractivity contribution < 1.29 is 24.7 Å². The Kier molecular flexibility index (Phi) is 6.51. The van der Waals surface area contributed by atoms with Crippen LogP contribution < -0.4 is 0 Å². The third kappa shape index (κ3) is 2.91. The van der Waals surface area contributed by atoms with Gasteiger partial charge >= 0.3 is 125 Å². The van der Waals surface area contributed by atoms with E-state index in [1.165, 1.54) is 22.3 Å². The van der Waals surface area contributed by atoms with Crippen LogP contribution in [0, 0.1) is 0 Å². The monoisotopic (exact) mass is 383 g/mol. The Bertz CT molecular complexity index is 554. The summed E-state index contributed by atoms with van der Waals surface area (Å²) >= 11 is 1.60. The minimum atomic E-state index is 0. The number of hydrogen-bond acceptors (Lipinski definition) is 0. The molecule has 2 aromatic rings. The molecule has 0 nitrogen and oxygen atoms in total. The summed E-state index contributed by atoms with van der Waals surface area (Å²) in [6, 6.07) is 14.0. The summed E-state index contributed by atoms with van der Waals surface area (Å²) < 4.78 is 0.639. The summed E-state index contributed by atoms with van der Waals surface area (Å²) in [6.45, 7) is 4.47. The molecular formula is C17H19Cl2Zr. The zero-order valence-electron chi connectivity index (χ0n) is 11.8. The van der Waals surface area contributed by atoms with Gasteiger partial charge in [-0.15, -0.1) is 24.8 Å². The fourth-order valence-corrected chi connectivity index (χ4v) is 3.97. The number of hydrogen-bond donors (Lipinski definition) is 0. The molecule has 0 atom stereocenters. The van der Waals surface area contributed by atoms with Crippen LogP contribution in [0.15, 0.2) is 36.4 Å². The first-order chi connectivity index (χ1) is 8.74. The summed E-state index contributed by atoms with van der Waals surface area (Å²) in [5.41, 5.74) is 8.96. The third-order valence-electron chi connectivity index (χ3n) is 3.96. The third-order valence-corrected chi connectivity index (χ3v) is 5.49. The second-order valence-corrected chi connectivity index (χ2v) is 6.40. The first-order valence-electron chi connectivity index (χ1n) is 6.71. The van der Waals surface area contributed by atoms with Crippen LogP contribution in [0.4, 0.5) is 0 Å². The van der Waals surface area contributed by atoms with Crippen molar-refractivity contribution in [1.82, 2.24) is 0 Å². The van der Waals surface area contributed by atoms with Gasteiger partial charge in [-0.3, -0.25) is 0 Å². The minimum Gasteiger partial charge on any atom is -0.147 e. The zero-order chi connectivity index (χ0) is 12.7. The summed E-state index contributed by atoms with van der Waals surface area (Å²) in [5, 5.41) is 0. The van der Waals surface area contributed by atoms with Gasteiger partial charge in [-0.25, -0.2) is 0 Å². The molecule has 0 aromatic heterocycles. The molecule has 0 bridgehead atoms. The Morgan fingerprint density at radius 3 is 1.55 bits per heavy atom. The largest absolute Gasteiger partial charge is 0.147 e. The summed E-state index contributed by atoms with van der Waals surface area (Å²) in [5.74, 6) is 0. The van der Waals surface area contributed by atoms with E-state index in [4.69, 9.17) is 0 Å². The first-order valence-corrected chi connectivity index (χ1v) is 8.13. The molecule has 2 aromatic carbocycles. The number of fused-ring (bicyclic) bond motifs is 3. The number of rotatable bonds is 2. The van der Waals surface area contributed by atoms with Crippen molar-refractivity contribution >= 4 is 24.8 Å². The van der Waals surface area contributed by atoms with E-state index in [0.717, 1.165) is 12.8 Å². The smallest absolute Gasteiger partial charge is 0.147 e. The van der Waals surface area contributed by atoms with Crippen molar-refractivity contribution in [2.45, 2.75) is 30.3 Å². The van der Waals surface area contributed by atoms with Gasteiger partial charge < -0.3 is 0 Å². The molecule has 20 heavy (non-hydrogen) atoms. The summed E-state index contributed by atoms with van der Waals surface area (Å²) in [4.78, 5) is 0. The van der Waals surface area contributed by atoms with Crippen LogP contribution in [0.5, 0.6) is 0 Å². The van der Waals surface area contributed by atoms with Crippen molar-refractivity contribution in [1.29, 1.82) is 0 Å². The SMILES string of the molecule is CCc1ccc2c(c1)[CH]([Zr])c1cc(CC)ccc1-2.Cl.Cl. The molecule has 0 saturated heterocycles. The van der Waals surface area contributed by atoms with E-state index in [0.29, 0.717) is 3.63 Å². The van der Waals surface area contributed by atoms with Gasteiger partial charge in [0, 0.05) is 0 Å². The van der Waals surface area contributed by atoms with E-state index in [-0.39, 0.29) is 24.8 Å². The molecule has 3 rings (SSSR count). The number of aryl methyl sites for hydroxylation is 2. The van der Waals surface area contributed by atoms with E-state index < -0.39 is 0 Å². The Labute approximate surface area is 149 Å². The Morgan fingerprint density at radius 2 is 1.20 bits per heavy atom.